The van der Waals surface area contributed by atoms with Gasteiger partial charge in [-0.25, -0.2) is 0 Å². The van der Waals surface area contributed by atoms with Gasteiger partial charge in [0.05, 0.1) is 18.1 Å². The van der Waals surface area contributed by atoms with Gasteiger partial charge in [-0.1, -0.05) is 97.1 Å². The molecule has 252 valence electrons. The summed E-state index contributed by atoms with van der Waals surface area (Å²) in [6.45, 7) is 0. The van der Waals surface area contributed by atoms with Crippen LogP contribution < -0.4 is 9.64 Å². The minimum absolute atomic E-state index is 0.850. The molecule has 0 radical (unpaired) electrons. The number of methoxy groups -OCH3 is 1. The molecule has 0 saturated carbocycles. The van der Waals surface area contributed by atoms with Crippen LogP contribution in [0.25, 0.3) is 69.9 Å². The molecule has 10 rings (SSSR count). The standard InChI is InChI=1S/C49H34N2OS/c1-52-41-27-24-39(25-28-41)51-46-13-7-5-11-42(46)44-31-36(19-29-47(44)51)35-17-22-38(23-18-35)50(37-20-15-34(16-21-37)33-9-3-2-4-10-33)40-26-30-49-45(32-40)43-12-6-8-14-48(43)53-49/h2-32H,1H3. The van der Waals surface area contributed by atoms with Gasteiger partial charge in [-0.3, -0.25) is 0 Å². The first-order valence-corrected chi connectivity index (χ1v) is 18.7. The third-order valence-corrected chi connectivity index (χ3v) is 11.5. The number of fused-ring (bicyclic) bond motifs is 6. The minimum Gasteiger partial charge on any atom is -0.497 e. The molecule has 0 amide bonds. The SMILES string of the molecule is COc1ccc(-n2c3ccccc3c3cc(-c4ccc(N(c5ccc(-c6ccccc6)cc5)c5ccc6sc7ccccc7c6c5)cc4)ccc32)cc1. The number of benzene rings is 8. The van der Waals surface area contributed by atoms with Crippen molar-refractivity contribution in [2.24, 2.45) is 0 Å². The lowest BCUT2D eigenvalue weighted by molar-refractivity contribution is 0.415. The summed E-state index contributed by atoms with van der Waals surface area (Å²) in [4.78, 5) is 2.37. The molecule has 2 aromatic heterocycles. The molecule has 53 heavy (non-hydrogen) atoms. The van der Waals surface area contributed by atoms with Gasteiger partial charge >= 0.3 is 0 Å². The lowest BCUT2D eigenvalue weighted by atomic mass is 10.0. The summed E-state index contributed by atoms with van der Waals surface area (Å²) in [7, 11) is 1.70. The number of para-hydroxylation sites is 1. The predicted molar refractivity (Wildman–Crippen MR) is 226 cm³/mol. The van der Waals surface area contributed by atoms with E-state index in [1.807, 2.05) is 23.5 Å². The van der Waals surface area contributed by atoms with Crippen LogP contribution in [0.4, 0.5) is 17.1 Å². The van der Waals surface area contributed by atoms with E-state index in [0.29, 0.717) is 0 Å². The van der Waals surface area contributed by atoms with E-state index in [-0.39, 0.29) is 0 Å². The van der Waals surface area contributed by atoms with Crippen molar-refractivity contribution in [3.05, 3.63) is 188 Å². The largest absolute Gasteiger partial charge is 0.497 e. The molecule has 4 heteroatoms. The predicted octanol–water partition coefficient (Wildman–Crippen LogP) is 14.0. The van der Waals surface area contributed by atoms with Crippen LogP contribution >= 0.6 is 11.3 Å². The van der Waals surface area contributed by atoms with Crippen molar-refractivity contribution in [3.8, 4) is 33.7 Å². The fraction of sp³-hybridized carbons (Fsp3) is 0.0204. The molecule has 0 atom stereocenters. The Bertz CT molecular complexity index is 2910. The second-order valence-electron chi connectivity index (χ2n) is 13.4. The highest BCUT2D eigenvalue weighted by molar-refractivity contribution is 7.25. The highest BCUT2D eigenvalue weighted by Gasteiger charge is 2.17. The first kappa shape index (κ1) is 31.1. The first-order chi connectivity index (χ1) is 26.2. The van der Waals surface area contributed by atoms with Crippen LogP contribution in [-0.2, 0) is 0 Å². The number of thiophene rings is 1. The number of anilines is 3. The minimum atomic E-state index is 0.850. The zero-order valence-electron chi connectivity index (χ0n) is 29.1. The molecule has 0 unspecified atom stereocenters. The maximum Gasteiger partial charge on any atom is 0.119 e. The molecule has 0 fully saturated rings. The van der Waals surface area contributed by atoms with Gasteiger partial charge in [0.2, 0.25) is 0 Å². The van der Waals surface area contributed by atoms with Gasteiger partial charge < -0.3 is 14.2 Å². The topological polar surface area (TPSA) is 17.4 Å². The molecular weight excluding hydrogens is 665 g/mol. The Balaban J connectivity index is 1.06. The zero-order valence-corrected chi connectivity index (χ0v) is 29.9. The van der Waals surface area contributed by atoms with Gasteiger partial charge in [-0.05, 0) is 113 Å². The summed E-state index contributed by atoms with van der Waals surface area (Å²) in [6.07, 6.45) is 0. The number of hydrogen-bond acceptors (Lipinski definition) is 3. The number of ether oxygens (including phenoxy) is 1. The fourth-order valence-electron chi connectivity index (χ4n) is 7.70. The van der Waals surface area contributed by atoms with Crippen molar-refractivity contribution in [2.45, 2.75) is 0 Å². The highest BCUT2D eigenvalue weighted by Crippen LogP contribution is 2.42. The molecule has 0 saturated heterocycles. The average Bonchev–Trinajstić information content (AvgIpc) is 3.77. The van der Waals surface area contributed by atoms with Crippen molar-refractivity contribution in [1.82, 2.24) is 4.57 Å². The highest BCUT2D eigenvalue weighted by atomic mass is 32.1. The van der Waals surface area contributed by atoms with Crippen LogP contribution in [0.15, 0.2) is 188 Å². The van der Waals surface area contributed by atoms with E-state index in [9.17, 15) is 0 Å². The zero-order chi connectivity index (χ0) is 35.3. The molecule has 0 bridgehead atoms. The van der Waals surface area contributed by atoms with E-state index in [2.05, 4.69) is 185 Å². The molecule has 8 aromatic carbocycles. The monoisotopic (exact) mass is 698 g/mol. The Labute approximate surface area is 312 Å². The summed E-state index contributed by atoms with van der Waals surface area (Å²) in [6, 6.07) is 67.8. The molecule has 0 spiro atoms. The Morgan fingerprint density at radius 2 is 0.981 bits per heavy atom. The lowest BCUT2D eigenvalue weighted by Gasteiger charge is -2.26. The maximum atomic E-state index is 5.44. The van der Waals surface area contributed by atoms with Crippen LogP contribution in [0.2, 0.25) is 0 Å². The molecule has 2 heterocycles. The van der Waals surface area contributed by atoms with E-state index in [0.717, 1.165) is 28.5 Å². The molecule has 10 aromatic rings. The molecule has 0 aliphatic heterocycles. The molecule has 0 aliphatic rings. The van der Waals surface area contributed by atoms with E-state index in [4.69, 9.17) is 4.74 Å². The van der Waals surface area contributed by atoms with Crippen molar-refractivity contribution < 1.29 is 4.74 Å². The summed E-state index contributed by atoms with van der Waals surface area (Å²) < 4.78 is 10.4. The van der Waals surface area contributed by atoms with Gasteiger partial charge in [-0.2, -0.15) is 0 Å². The fourth-order valence-corrected chi connectivity index (χ4v) is 8.79. The van der Waals surface area contributed by atoms with Crippen molar-refractivity contribution in [1.29, 1.82) is 0 Å². The van der Waals surface area contributed by atoms with Crippen molar-refractivity contribution in [3.63, 3.8) is 0 Å². The molecule has 0 N–H and O–H groups in total. The van der Waals surface area contributed by atoms with E-state index < -0.39 is 0 Å². The third-order valence-electron chi connectivity index (χ3n) is 10.3. The summed E-state index contributed by atoms with van der Waals surface area (Å²) in [5, 5.41) is 5.05. The number of rotatable bonds is 7. The van der Waals surface area contributed by atoms with E-state index in [1.165, 1.54) is 64.2 Å². The van der Waals surface area contributed by atoms with Crippen LogP contribution in [0.1, 0.15) is 0 Å². The quantitative estimate of drug-likeness (QED) is 0.165. The van der Waals surface area contributed by atoms with Crippen LogP contribution in [0.5, 0.6) is 5.75 Å². The van der Waals surface area contributed by atoms with Gasteiger partial charge in [-0.15, -0.1) is 11.3 Å². The lowest BCUT2D eigenvalue weighted by Crippen LogP contribution is -2.09. The smallest absolute Gasteiger partial charge is 0.119 e. The Hall–Kier alpha value is -6.62. The second-order valence-corrected chi connectivity index (χ2v) is 14.4. The Morgan fingerprint density at radius 3 is 1.72 bits per heavy atom. The number of nitrogens with zero attached hydrogens (tertiary/aromatic N) is 2. The third kappa shape index (κ3) is 5.43. The Morgan fingerprint density at radius 1 is 0.415 bits per heavy atom. The van der Waals surface area contributed by atoms with Gasteiger partial charge in [0.25, 0.3) is 0 Å². The Kier molecular flexibility index (Phi) is 7.55. The van der Waals surface area contributed by atoms with Crippen molar-refractivity contribution >= 4 is 70.4 Å². The van der Waals surface area contributed by atoms with E-state index >= 15 is 0 Å². The van der Waals surface area contributed by atoms with Gasteiger partial charge in [0.15, 0.2) is 0 Å². The molecular formula is C49H34N2OS. The summed E-state index contributed by atoms with van der Waals surface area (Å²) >= 11 is 1.85. The van der Waals surface area contributed by atoms with Gasteiger partial charge in [0.1, 0.15) is 5.75 Å². The second kappa shape index (κ2) is 12.9. The summed E-state index contributed by atoms with van der Waals surface area (Å²) in [5.74, 6) is 0.850. The van der Waals surface area contributed by atoms with E-state index in [1.54, 1.807) is 7.11 Å². The van der Waals surface area contributed by atoms with Crippen LogP contribution in [0, 0.1) is 0 Å². The van der Waals surface area contributed by atoms with Crippen molar-refractivity contribution in [2.75, 3.05) is 12.0 Å². The molecule has 0 aliphatic carbocycles. The van der Waals surface area contributed by atoms with Crippen LogP contribution in [-0.4, -0.2) is 11.7 Å². The van der Waals surface area contributed by atoms with Gasteiger partial charge in [0, 0.05) is 53.7 Å². The average molecular weight is 699 g/mol. The maximum absolute atomic E-state index is 5.44. The number of hydrogen-bond donors (Lipinski definition) is 0. The summed E-state index contributed by atoms with van der Waals surface area (Å²) in [5.41, 5.74) is 11.6. The number of aromatic nitrogens is 1. The first-order valence-electron chi connectivity index (χ1n) is 17.9. The normalized spacial score (nSPS) is 11.5. The van der Waals surface area contributed by atoms with Crippen LogP contribution in [0.3, 0.4) is 0 Å². The molecule has 3 nitrogen and oxygen atoms in total.